The van der Waals surface area contributed by atoms with E-state index in [0.29, 0.717) is 0 Å². The topological polar surface area (TPSA) is 37.8 Å². The number of halogens is 1. The van der Waals surface area contributed by atoms with Gasteiger partial charge in [-0.3, -0.25) is 0 Å². The molecule has 3 rings (SSSR count). The molecule has 100 valence electrons. The van der Waals surface area contributed by atoms with Gasteiger partial charge in [-0.25, -0.2) is 0 Å². The van der Waals surface area contributed by atoms with Crippen LogP contribution in [0.5, 0.6) is 0 Å². The summed E-state index contributed by atoms with van der Waals surface area (Å²) in [7, 11) is 0. The number of nitrogens with zero attached hydrogens (tertiary/aromatic N) is 2. The number of aryl methyl sites for hydroxylation is 1. The van der Waals surface area contributed by atoms with Gasteiger partial charge >= 0.3 is 0 Å². The van der Waals surface area contributed by atoms with Crippen molar-refractivity contribution in [1.82, 2.24) is 15.5 Å². The normalized spacial score (nSPS) is 14.8. The molecule has 0 spiro atoms. The quantitative estimate of drug-likeness (QED) is 0.917. The smallest absolute Gasteiger partial charge is 0.147 e. The largest absolute Gasteiger partial charge is 0.314 e. The summed E-state index contributed by atoms with van der Waals surface area (Å²) in [5.41, 5.74) is 2.14. The van der Waals surface area contributed by atoms with Crippen LogP contribution < -0.4 is 5.32 Å². The second kappa shape index (κ2) is 5.57. The molecule has 5 heteroatoms. The molecule has 1 aliphatic carbocycles. The van der Waals surface area contributed by atoms with E-state index in [4.69, 9.17) is 11.6 Å². The van der Waals surface area contributed by atoms with Crippen molar-refractivity contribution in [1.29, 1.82) is 0 Å². The van der Waals surface area contributed by atoms with E-state index in [9.17, 15) is 0 Å². The Labute approximate surface area is 122 Å². The number of hydrogen-bond donors (Lipinski definition) is 1. The van der Waals surface area contributed by atoms with E-state index < -0.39 is 0 Å². The standard InChI is InChI=1S/C14H16ClN3S/c1-9-2-3-10(8-12(9)15)14-18-17-13(19-14)6-7-16-11-4-5-11/h2-3,8,11,16H,4-7H2,1H3. The van der Waals surface area contributed by atoms with Gasteiger partial charge in [-0.2, -0.15) is 0 Å². The van der Waals surface area contributed by atoms with Crippen molar-refractivity contribution in [2.45, 2.75) is 32.2 Å². The van der Waals surface area contributed by atoms with Crippen molar-refractivity contribution in [3.05, 3.63) is 33.8 Å². The van der Waals surface area contributed by atoms with Crippen LogP contribution in [0.2, 0.25) is 5.02 Å². The van der Waals surface area contributed by atoms with Crippen molar-refractivity contribution >= 4 is 22.9 Å². The third kappa shape index (κ3) is 3.32. The molecule has 1 N–H and O–H groups in total. The fraction of sp³-hybridized carbons (Fsp3) is 0.429. The second-order valence-corrected chi connectivity index (χ2v) is 6.41. The number of aromatic nitrogens is 2. The van der Waals surface area contributed by atoms with E-state index in [1.165, 1.54) is 12.8 Å². The number of benzene rings is 1. The van der Waals surface area contributed by atoms with Gasteiger partial charge in [0.05, 0.1) is 0 Å². The molecule has 0 atom stereocenters. The minimum Gasteiger partial charge on any atom is -0.314 e. The first kappa shape index (κ1) is 13.0. The molecular formula is C14H16ClN3S. The van der Waals surface area contributed by atoms with E-state index in [1.807, 2.05) is 25.1 Å². The Kier molecular flexibility index (Phi) is 3.82. The highest BCUT2D eigenvalue weighted by Crippen LogP contribution is 2.27. The molecular weight excluding hydrogens is 278 g/mol. The lowest BCUT2D eigenvalue weighted by molar-refractivity contribution is 0.677. The van der Waals surface area contributed by atoms with Crippen LogP contribution in [0.15, 0.2) is 18.2 Å². The molecule has 2 aromatic rings. The van der Waals surface area contributed by atoms with Crippen LogP contribution in [-0.2, 0) is 6.42 Å². The van der Waals surface area contributed by atoms with E-state index in [-0.39, 0.29) is 0 Å². The van der Waals surface area contributed by atoms with Crippen LogP contribution in [-0.4, -0.2) is 22.8 Å². The molecule has 1 aromatic heterocycles. The summed E-state index contributed by atoms with van der Waals surface area (Å²) < 4.78 is 0. The second-order valence-electron chi connectivity index (χ2n) is 4.94. The summed E-state index contributed by atoms with van der Waals surface area (Å²) in [5, 5.41) is 14.8. The van der Waals surface area contributed by atoms with Crippen molar-refractivity contribution in [2.75, 3.05) is 6.54 Å². The van der Waals surface area contributed by atoms with Crippen LogP contribution in [0.3, 0.4) is 0 Å². The van der Waals surface area contributed by atoms with Gasteiger partial charge in [-0.1, -0.05) is 35.1 Å². The van der Waals surface area contributed by atoms with Gasteiger partial charge in [-0.15, -0.1) is 10.2 Å². The van der Waals surface area contributed by atoms with Gasteiger partial charge in [0.25, 0.3) is 0 Å². The molecule has 1 aromatic carbocycles. The van der Waals surface area contributed by atoms with Crippen LogP contribution >= 0.6 is 22.9 Å². The summed E-state index contributed by atoms with van der Waals surface area (Å²) in [6.45, 7) is 3.00. The molecule has 0 amide bonds. The number of nitrogens with one attached hydrogen (secondary N) is 1. The highest BCUT2D eigenvalue weighted by molar-refractivity contribution is 7.14. The Hall–Kier alpha value is -0.970. The molecule has 0 radical (unpaired) electrons. The molecule has 0 bridgehead atoms. The zero-order valence-electron chi connectivity index (χ0n) is 10.8. The summed E-state index contributed by atoms with van der Waals surface area (Å²) >= 11 is 7.79. The van der Waals surface area contributed by atoms with Gasteiger partial charge in [0.1, 0.15) is 10.0 Å². The van der Waals surface area contributed by atoms with Crippen LogP contribution in [0.4, 0.5) is 0 Å². The summed E-state index contributed by atoms with van der Waals surface area (Å²) in [6, 6.07) is 6.79. The molecule has 1 fully saturated rings. The maximum atomic E-state index is 6.14. The molecule has 1 aliphatic rings. The Balaban J connectivity index is 1.67. The summed E-state index contributed by atoms with van der Waals surface area (Å²) in [6.07, 6.45) is 3.60. The SMILES string of the molecule is Cc1ccc(-c2nnc(CCNC3CC3)s2)cc1Cl. The third-order valence-electron chi connectivity index (χ3n) is 3.23. The predicted octanol–water partition coefficient (Wildman–Crippen LogP) is 3.46. The molecule has 1 heterocycles. The Bertz CT molecular complexity index is 578. The minimum absolute atomic E-state index is 0.753. The van der Waals surface area contributed by atoms with E-state index in [2.05, 4.69) is 15.5 Å². The van der Waals surface area contributed by atoms with Gasteiger partial charge in [0.15, 0.2) is 0 Å². The van der Waals surface area contributed by atoms with Gasteiger partial charge in [-0.05, 0) is 31.4 Å². The first-order valence-corrected chi connectivity index (χ1v) is 7.74. The van der Waals surface area contributed by atoms with Crippen molar-refractivity contribution in [2.24, 2.45) is 0 Å². The molecule has 1 saturated carbocycles. The Morgan fingerprint density at radius 2 is 2.21 bits per heavy atom. The first-order chi connectivity index (χ1) is 9.22. The van der Waals surface area contributed by atoms with Crippen molar-refractivity contribution in [3.63, 3.8) is 0 Å². The van der Waals surface area contributed by atoms with Crippen molar-refractivity contribution < 1.29 is 0 Å². The number of hydrogen-bond acceptors (Lipinski definition) is 4. The van der Waals surface area contributed by atoms with E-state index in [1.54, 1.807) is 11.3 Å². The highest BCUT2D eigenvalue weighted by Gasteiger charge is 2.19. The zero-order chi connectivity index (χ0) is 13.2. The van der Waals surface area contributed by atoms with Crippen LogP contribution in [0.1, 0.15) is 23.4 Å². The molecule has 3 nitrogen and oxygen atoms in total. The lowest BCUT2D eigenvalue weighted by atomic mass is 10.2. The maximum Gasteiger partial charge on any atom is 0.147 e. The fourth-order valence-electron chi connectivity index (χ4n) is 1.87. The Morgan fingerprint density at radius 1 is 1.37 bits per heavy atom. The molecule has 0 unspecified atom stereocenters. The average Bonchev–Trinajstić information content (AvgIpc) is 3.10. The van der Waals surface area contributed by atoms with Crippen LogP contribution in [0, 0.1) is 6.92 Å². The van der Waals surface area contributed by atoms with Gasteiger partial charge in [0, 0.05) is 29.6 Å². The molecule has 0 aliphatic heterocycles. The van der Waals surface area contributed by atoms with E-state index >= 15 is 0 Å². The summed E-state index contributed by atoms with van der Waals surface area (Å²) in [4.78, 5) is 0. The maximum absolute atomic E-state index is 6.14. The van der Waals surface area contributed by atoms with E-state index in [0.717, 1.165) is 45.2 Å². The van der Waals surface area contributed by atoms with Crippen molar-refractivity contribution in [3.8, 4) is 10.6 Å². The molecule has 19 heavy (non-hydrogen) atoms. The Morgan fingerprint density at radius 3 is 2.95 bits per heavy atom. The van der Waals surface area contributed by atoms with Gasteiger partial charge < -0.3 is 5.32 Å². The van der Waals surface area contributed by atoms with Gasteiger partial charge in [0.2, 0.25) is 0 Å². The number of rotatable bonds is 5. The molecule has 0 saturated heterocycles. The lowest BCUT2D eigenvalue weighted by Crippen LogP contribution is -2.19. The summed E-state index contributed by atoms with van der Waals surface area (Å²) in [5.74, 6) is 0. The third-order valence-corrected chi connectivity index (χ3v) is 4.67. The first-order valence-electron chi connectivity index (χ1n) is 6.54. The fourth-order valence-corrected chi connectivity index (χ4v) is 2.88. The monoisotopic (exact) mass is 293 g/mol. The lowest BCUT2D eigenvalue weighted by Gasteiger charge is -2.00. The predicted molar refractivity (Wildman–Crippen MR) is 79.8 cm³/mol. The average molecular weight is 294 g/mol. The van der Waals surface area contributed by atoms with Crippen LogP contribution in [0.25, 0.3) is 10.6 Å². The highest BCUT2D eigenvalue weighted by atomic mass is 35.5. The zero-order valence-corrected chi connectivity index (χ0v) is 12.4. The minimum atomic E-state index is 0.753.